The number of hydrogen-bond acceptors (Lipinski definition) is 3. The number of nitrogens with one attached hydrogen (secondary N) is 2. The number of fused-ring (bicyclic) bond motifs is 1. The smallest absolute Gasteiger partial charge is 0.328 e. The van der Waals surface area contributed by atoms with Crippen LogP contribution < -0.4 is 10.2 Å². The number of carbonyl (C=O) groups is 1. The van der Waals surface area contributed by atoms with Crippen molar-refractivity contribution in [3.63, 3.8) is 0 Å². The Kier molecular flexibility index (Phi) is 5.35. The number of hydrogen-bond donors (Lipinski definition) is 2. The molecule has 2 amide bonds. The molecule has 0 radical (unpaired) electrons. The number of benzene rings is 2. The summed E-state index contributed by atoms with van der Waals surface area (Å²) in [5.41, 5.74) is 5.79. The first-order chi connectivity index (χ1) is 14.9. The molecule has 0 bridgehead atoms. The Bertz CT molecular complexity index is 1200. The Morgan fingerprint density at radius 3 is 2.50 bits per heavy atom. The molecule has 4 rings (SSSR count). The molecule has 1 aliphatic heterocycles. The summed E-state index contributed by atoms with van der Waals surface area (Å²) >= 11 is 0. The van der Waals surface area contributed by atoms with Gasteiger partial charge in [-0.1, -0.05) is 44.5 Å². The van der Waals surface area contributed by atoms with Crippen molar-refractivity contribution >= 4 is 28.6 Å². The maximum Gasteiger partial charge on any atom is 0.328 e. The zero-order valence-corrected chi connectivity index (χ0v) is 20.1. The highest BCUT2D eigenvalue weighted by Gasteiger charge is 2.41. The predicted octanol–water partition coefficient (Wildman–Crippen LogP) is 6.06. The summed E-state index contributed by atoms with van der Waals surface area (Å²) in [4.78, 5) is 27.7. The normalized spacial score (nSPS) is 18.6. The fourth-order valence-electron chi connectivity index (χ4n) is 4.99. The molecule has 3 aromatic rings. The molecule has 0 saturated carbocycles. The minimum Gasteiger partial charge on any atom is -0.345 e. The van der Waals surface area contributed by atoms with Crippen LogP contribution in [-0.2, 0) is 0 Å². The number of imidazole rings is 1. The molecule has 32 heavy (non-hydrogen) atoms. The summed E-state index contributed by atoms with van der Waals surface area (Å²) < 4.78 is 0. The third-order valence-electron chi connectivity index (χ3n) is 5.76. The van der Waals surface area contributed by atoms with Crippen LogP contribution in [0.1, 0.15) is 63.8 Å². The van der Waals surface area contributed by atoms with E-state index in [0.29, 0.717) is 5.84 Å². The van der Waals surface area contributed by atoms with Gasteiger partial charge in [-0.15, -0.1) is 0 Å². The second-order valence-corrected chi connectivity index (χ2v) is 10.7. The van der Waals surface area contributed by atoms with Crippen LogP contribution in [0.25, 0.3) is 11.0 Å². The summed E-state index contributed by atoms with van der Waals surface area (Å²) in [6.07, 6.45) is 2.57. The van der Waals surface area contributed by atoms with E-state index >= 15 is 0 Å². The van der Waals surface area contributed by atoms with E-state index in [0.717, 1.165) is 34.3 Å². The molecule has 1 aromatic heterocycles. The number of aromatic amines is 1. The van der Waals surface area contributed by atoms with Crippen LogP contribution in [-0.4, -0.2) is 27.4 Å². The molecule has 2 heterocycles. The summed E-state index contributed by atoms with van der Waals surface area (Å²) in [6.45, 7) is 15.1. The number of carbonyl (C=O) groups excluding carboxylic acids is 1. The lowest BCUT2D eigenvalue weighted by Gasteiger charge is -2.31. The average molecular weight is 432 g/mol. The van der Waals surface area contributed by atoms with E-state index in [4.69, 9.17) is 4.99 Å². The van der Waals surface area contributed by atoms with Crippen molar-refractivity contribution in [1.29, 1.82) is 0 Å². The molecule has 1 unspecified atom stereocenters. The van der Waals surface area contributed by atoms with Crippen molar-refractivity contribution in [1.82, 2.24) is 15.3 Å². The molecule has 0 aliphatic carbocycles. The van der Waals surface area contributed by atoms with E-state index in [2.05, 4.69) is 82.0 Å². The van der Waals surface area contributed by atoms with Gasteiger partial charge in [0.05, 0.1) is 22.9 Å². The van der Waals surface area contributed by atoms with Gasteiger partial charge in [0.15, 0.2) is 0 Å². The van der Waals surface area contributed by atoms with Crippen LogP contribution in [0.2, 0.25) is 0 Å². The van der Waals surface area contributed by atoms with Crippen molar-refractivity contribution in [3.05, 3.63) is 59.4 Å². The Hall–Kier alpha value is -3.15. The molecular weight excluding hydrogens is 398 g/mol. The van der Waals surface area contributed by atoms with Crippen LogP contribution in [0, 0.1) is 19.3 Å². The van der Waals surface area contributed by atoms with E-state index in [1.54, 1.807) is 6.33 Å². The van der Waals surface area contributed by atoms with E-state index in [-0.39, 0.29) is 23.0 Å². The molecule has 1 saturated heterocycles. The Labute approximate surface area is 190 Å². The quantitative estimate of drug-likeness (QED) is 0.527. The molecular formula is C26H33N5O. The Morgan fingerprint density at radius 1 is 1.06 bits per heavy atom. The van der Waals surface area contributed by atoms with Gasteiger partial charge in [0.1, 0.15) is 11.9 Å². The van der Waals surface area contributed by atoms with E-state index < -0.39 is 0 Å². The van der Waals surface area contributed by atoms with Crippen molar-refractivity contribution in [2.45, 2.75) is 66.5 Å². The highest BCUT2D eigenvalue weighted by Crippen LogP contribution is 2.37. The third kappa shape index (κ3) is 4.40. The summed E-state index contributed by atoms with van der Waals surface area (Å²) in [5.74, 6) is 0.695. The maximum atomic E-state index is 13.3. The first-order valence-electron chi connectivity index (χ1n) is 11.1. The van der Waals surface area contributed by atoms with Gasteiger partial charge in [0.2, 0.25) is 0 Å². The van der Waals surface area contributed by atoms with Gasteiger partial charge in [-0.05, 0) is 68.9 Å². The van der Waals surface area contributed by atoms with E-state index in [1.807, 2.05) is 23.1 Å². The largest absolute Gasteiger partial charge is 0.345 e. The molecule has 0 spiro atoms. The molecule has 2 N–H and O–H groups in total. The van der Waals surface area contributed by atoms with Gasteiger partial charge in [-0.25, -0.2) is 9.78 Å². The summed E-state index contributed by atoms with van der Waals surface area (Å²) in [7, 11) is 0. The lowest BCUT2D eigenvalue weighted by atomic mass is 9.82. The number of urea groups is 1. The van der Waals surface area contributed by atoms with Crippen LogP contribution in [0.4, 0.5) is 10.5 Å². The second-order valence-electron chi connectivity index (χ2n) is 10.7. The van der Waals surface area contributed by atoms with Crippen LogP contribution in [0.15, 0.2) is 47.7 Å². The molecule has 6 nitrogen and oxygen atoms in total. The van der Waals surface area contributed by atoms with Gasteiger partial charge in [0, 0.05) is 5.69 Å². The van der Waals surface area contributed by atoms with Gasteiger partial charge >= 0.3 is 6.03 Å². The van der Waals surface area contributed by atoms with Crippen LogP contribution in [0.5, 0.6) is 0 Å². The predicted molar refractivity (Wildman–Crippen MR) is 131 cm³/mol. The first kappa shape index (κ1) is 22.1. The number of aryl methyl sites for hydroxylation is 2. The van der Waals surface area contributed by atoms with Crippen molar-refractivity contribution < 1.29 is 4.79 Å². The number of amidine groups is 1. The number of aliphatic imine (C=N–C) groups is 1. The highest BCUT2D eigenvalue weighted by molar-refractivity contribution is 6.17. The Morgan fingerprint density at radius 2 is 1.81 bits per heavy atom. The number of anilines is 1. The second kappa shape index (κ2) is 7.76. The lowest BCUT2D eigenvalue weighted by molar-refractivity contribution is 0.252. The van der Waals surface area contributed by atoms with Crippen molar-refractivity contribution in [2.24, 2.45) is 10.4 Å². The minimum absolute atomic E-state index is 0.122. The SMILES string of the molecule is Cc1ccc(C2/C(=N/C(C)(C)CC(C)(C)C)NC(=O)N2c2ccc3nc[nH]c3c2)c(C)c1. The number of aromatic nitrogens is 2. The first-order valence-corrected chi connectivity index (χ1v) is 11.1. The molecule has 168 valence electrons. The summed E-state index contributed by atoms with van der Waals surface area (Å²) in [6, 6.07) is 11.7. The average Bonchev–Trinajstić information content (AvgIpc) is 3.22. The van der Waals surface area contributed by atoms with Crippen LogP contribution >= 0.6 is 0 Å². The zero-order valence-electron chi connectivity index (χ0n) is 20.1. The van der Waals surface area contributed by atoms with Crippen molar-refractivity contribution in [3.8, 4) is 0 Å². The highest BCUT2D eigenvalue weighted by atomic mass is 16.2. The number of rotatable bonds is 4. The maximum absolute atomic E-state index is 13.3. The molecule has 1 atom stereocenters. The van der Waals surface area contributed by atoms with Crippen LogP contribution in [0.3, 0.4) is 0 Å². The molecule has 1 aliphatic rings. The monoisotopic (exact) mass is 431 g/mol. The van der Waals surface area contributed by atoms with Gasteiger partial charge in [0.25, 0.3) is 0 Å². The molecule has 6 heteroatoms. The molecule has 1 fully saturated rings. The fourth-order valence-corrected chi connectivity index (χ4v) is 4.99. The standard InChI is InChI=1S/C26H33N5O/c1-16-8-10-19(17(2)12-16)22-23(30-26(6,7)14-25(3,4)5)29-24(32)31(22)18-9-11-20-21(13-18)28-15-27-20/h8-13,15,22H,14H2,1-7H3,(H,27,28)(H,29,30,32). The Balaban J connectivity index is 1.85. The topological polar surface area (TPSA) is 73.4 Å². The minimum atomic E-state index is -0.318. The van der Waals surface area contributed by atoms with Gasteiger partial charge in [-0.3, -0.25) is 15.2 Å². The third-order valence-corrected chi connectivity index (χ3v) is 5.76. The van der Waals surface area contributed by atoms with Gasteiger partial charge < -0.3 is 4.98 Å². The van der Waals surface area contributed by atoms with Gasteiger partial charge in [-0.2, -0.15) is 0 Å². The number of amides is 2. The van der Waals surface area contributed by atoms with Crippen molar-refractivity contribution in [2.75, 3.05) is 4.90 Å². The summed E-state index contributed by atoms with van der Waals surface area (Å²) in [5, 5.41) is 3.09. The molecule has 2 aromatic carbocycles. The van der Waals surface area contributed by atoms with E-state index in [9.17, 15) is 4.79 Å². The fraction of sp³-hybridized carbons (Fsp3) is 0.423. The lowest BCUT2D eigenvalue weighted by Crippen LogP contribution is -2.31. The zero-order chi connectivity index (χ0) is 23.3. The number of nitrogens with zero attached hydrogens (tertiary/aromatic N) is 3. The van der Waals surface area contributed by atoms with E-state index in [1.165, 1.54) is 5.56 Å². The number of H-pyrrole nitrogens is 1.